The van der Waals surface area contributed by atoms with E-state index in [2.05, 4.69) is 10.3 Å². The van der Waals surface area contributed by atoms with Gasteiger partial charge in [0.25, 0.3) is 5.56 Å². The number of benzene rings is 1. The molecule has 0 spiro atoms. The minimum atomic E-state index is -0.134. The van der Waals surface area contributed by atoms with Crippen molar-refractivity contribution in [2.45, 2.75) is 33.4 Å². The highest BCUT2D eigenvalue weighted by Crippen LogP contribution is 2.25. The van der Waals surface area contributed by atoms with Gasteiger partial charge in [-0.05, 0) is 31.0 Å². The fraction of sp³-hybridized carbons (Fsp3) is 0.278. The molecule has 3 aromatic rings. The number of carbonyl (C=O) groups excluding carboxylic acids is 1. The third-order valence-electron chi connectivity index (χ3n) is 4.17. The fourth-order valence-electron chi connectivity index (χ4n) is 2.58. The molecule has 0 radical (unpaired) electrons. The van der Waals surface area contributed by atoms with E-state index in [-0.39, 0.29) is 17.9 Å². The van der Waals surface area contributed by atoms with Crippen LogP contribution in [0.15, 0.2) is 35.4 Å². The van der Waals surface area contributed by atoms with Crippen LogP contribution < -0.4 is 10.9 Å². The Morgan fingerprint density at radius 3 is 2.84 bits per heavy atom. The van der Waals surface area contributed by atoms with Crippen LogP contribution in [-0.2, 0) is 17.9 Å². The first-order valence-corrected chi connectivity index (χ1v) is 9.12. The molecule has 2 aromatic heterocycles. The molecule has 0 unspecified atom stereocenters. The number of aromatic nitrogens is 2. The normalized spacial score (nSPS) is 11.0. The van der Waals surface area contributed by atoms with E-state index >= 15 is 0 Å². The molecule has 1 N–H and O–H groups in total. The lowest BCUT2D eigenvalue weighted by atomic mass is 10.2. The van der Waals surface area contributed by atoms with Crippen LogP contribution in [0.3, 0.4) is 0 Å². The predicted octanol–water partition coefficient (Wildman–Crippen LogP) is 3.43. The second kappa shape index (κ2) is 7.37. The summed E-state index contributed by atoms with van der Waals surface area (Å²) in [6.45, 7) is 4.57. The number of halogens is 1. The first-order chi connectivity index (χ1) is 12.0. The van der Waals surface area contributed by atoms with Gasteiger partial charge in [0.15, 0.2) is 0 Å². The van der Waals surface area contributed by atoms with Gasteiger partial charge < -0.3 is 5.32 Å². The minimum absolute atomic E-state index is 0.0919. The van der Waals surface area contributed by atoms with Gasteiger partial charge in [0, 0.05) is 29.4 Å². The maximum Gasteiger partial charge on any atom is 0.262 e. The molecule has 2 heterocycles. The Labute approximate surface area is 154 Å². The Morgan fingerprint density at radius 2 is 2.08 bits per heavy atom. The Balaban J connectivity index is 1.65. The smallest absolute Gasteiger partial charge is 0.262 e. The van der Waals surface area contributed by atoms with Crippen LogP contribution in [0, 0.1) is 13.8 Å². The summed E-state index contributed by atoms with van der Waals surface area (Å²) in [6, 6.07) is 7.37. The number of amides is 1. The van der Waals surface area contributed by atoms with Crippen molar-refractivity contribution in [3.63, 3.8) is 0 Å². The van der Waals surface area contributed by atoms with Crippen molar-refractivity contribution in [3.8, 4) is 0 Å². The van der Waals surface area contributed by atoms with E-state index < -0.39 is 0 Å². The van der Waals surface area contributed by atoms with Gasteiger partial charge in [-0.3, -0.25) is 14.2 Å². The number of hydrogen-bond acceptors (Lipinski definition) is 4. The molecule has 7 heteroatoms. The van der Waals surface area contributed by atoms with Gasteiger partial charge in [-0.15, -0.1) is 11.3 Å². The van der Waals surface area contributed by atoms with Crippen molar-refractivity contribution < 1.29 is 4.79 Å². The molecule has 0 saturated heterocycles. The highest BCUT2D eigenvalue weighted by Gasteiger charge is 2.12. The maximum absolute atomic E-state index is 12.6. The van der Waals surface area contributed by atoms with Crippen LogP contribution in [0.5, 0.6) is 0 Å². The topological polar surface area (TPSA) is 64.0 Å². The average molecular weight is 376 g/mol. The van der Waals surface area contributed by atoms with Crippen LogP contribution >= 0.6 is 22.9 Å². The van der Waals surface area contributed by atoms with Gasteiger partial charge in [-0.2, -0.15) is 0 Å². The molecule has 0 fully saturated rings. The number of aryl methyl sites for hydroxylation is 3. The molecule has 1 amide bonds. The molecule has 0 aliphatic carbocycles. The lowest BCUT2D eigenvalue weighted by molar-refractivity contribution is -0.121. The van der Waals surface area contributed by atoms with Crippen molar-refractivity contribution in [1.82, 2.24) is 14.9 Å². The predicted molar refractivity (Wildman–Crippen MR) is 101 cm³/mol. The number of thiophene rings is 1. The highest BCUT2D eigenvalue weighted by atomic mass is 35.5. The Hall–Kier alpha value is -2.18. The van der Waals surface area contributed by atoms with E-state index in [9.17, 15) is 9.59 Å². The van der Waals surface area contributed by atoms with Crippen molar-refractivity contribution >= 4 is 39.1 Å². The molecule has 0 saturated carbocycles. The van der Waals surface area contributed by atoms with Gasteiger partial charge in [0.1, 0.15) is 4.83 Å². The first-order valence-electron chi connectivity index (χ1n) is 7.92. The summed E-state index contributed by atoms with van der Waals surface area (Å²) in [5.74, 6) is -0.134. The molecule has 0 aliphatic rings. The largest absolute Gasteiger partial charge is 0.352 e. The molecule has 1 aromatic carbocycles. The molecular weight excluding hydrogens is 358 g/mol. The van der Waals surface area contributed by atoms with Crippen molar-refractivity contribution in [2.75, 3.05) is 0 Å². The Kier molecular flexibility index (Phi) is 5.20. The fourth-order valence-corrected chi connectivity index (χ4v) is 3.77. The van der Waals surface area contributed by atoms with E-state index in [4.69, 9.17) is 11.6 Å². The Bertz CT molecular complexity index is 994. The standard InChI is InChI=1S/C18H18ClN3O2S/c1-11-12(2)25-17-16(11)18(24)22(10-21-17)8-7-15(23)20-9-13-5-3-4-6-14(13)19/h3-6,10H,7-9H2,1-2H3,(H,20,23). The summed E-state index contributed by atoms with van der Waals surface area (Å²) < 4.78 is 1.50. The molecule has 25 heavy (non-hydrogen) atoms. The Morgan fingerprint density at radius 1 is 1.32 bits per heavy atom. The van der Waals surface area contributed by atoms with E-state index in [0.29, 0.717) is 23.5 Å². The number of hydrogen-bond donors (Lipinski definition) is 1. The van der Waals surface area contributed by atoms with Crippen molar-refractivity contribution in [1.29, 1.82) is 0 Å². The highest BCUT2D eigenvalue weighted by molar-refractivity contribution is 7.18. The van der Waals surface area contributed by atoms with Gasteiger partial charge in [0.05, 0.1) is 11.7 Å². The third kappa shape index (κ3) is 3.75. The molecule has 0 bridgehead atoms. The zero-order valence-corrected chi connectivity index (χ0v) is 15.6. The second-order valence-corrected chi connectivity index (χ2v) is 7.44. The van der Waals surface area contributed by atoms with Crippen LogP contribution in [0.4, 0.5) is 0 Å². The van der Waals surface area contributed by atoms with E-state index in [1.165, 1.54) is 22.2 Å². The third-order valence-corrected chi connectivity index (χ3v) is 5.65. The zero-order valence-electron chi connectivity index (χ0n) is 14.0. The summed E-state index contributed by atoms with van der Waals surface area (Å²) in [6.07, 6.45) is 1.72. The number of carbonyl (C=O) groups is 1. The number of rotatable bonds is 5. The van der Waals surface area contributed by atoms with Crippen molar-refractivity contribution in [2.24, 2.45) is 0 Å². The monoisotopic (exact) mass is 375 g/mol. The number of nitrogens with one attached hydrogen (secondary N) is 1. The SMILES string of the molecule is Cc1sc2ncn(CCC(=O)NCc3ccccc3Cl)c(=O)c2c1C. The molecule has 130 valence electrons. The molecule has 0 atom stereocenters. The summed E-state index contributed by atoms with van der Waals surface area (Å²) >= 11 is 7.59. The molecular formula is C18H18ClN3O2S. The summed E-state index contributed by atoms with van der Waals surface area (Å²) in [7, 11) is 0. The zero-order chi connectivity index (χ0) is 18.0. The van der Waals surface area contributed by atoms with E-state index in [1.807, 2.05) is 32.0 Å². The van der Waals surface area contributed by atoms with Gasteiger partial charge >= 0.3 is 0 Å². The number of fused-ring (bicyclic) bond motifs is 1. The quantitative estimate of drug-likeness (QED) is 0.743. The molecule has 0 aliphatic heterocycles. The van der Waals surface area contributed by atoms with Gasteiger partial charge in [-0.25, -0.2) is 4.98 Å². The molecule has 5 nitrogen and oxygen atoms in total. The maximum atomic E-state index is 12.6. The van der Waals surface area contributed by atoms with Crippen molar-refractivity contribution in [3.05, 3.63) is 62.0 Å². The summed E-state index contributed by atoms with van der Waals surface area (Å²) in [5.41, 5.74) is 1.74. The van der Waals surface area contributed by atoms with Crippen LogP contribution in [0.2, 0.25) is 5.02 Å². The molecule has 3 rings (SSSR count). The summed E-state index contributed by atoms with van der Waals surface area (Å²) in [4.78, 5) is 30.8. The minimum Gasteiger partial charge on any atom is -0.352 e. The van der Waals surface area contributed by atoms with Gasteiger partial charge in [-0.1, -0.05) is 29.8 Å². The van der Waals surface area contributed by atoms with Gasteiger partial charge in [0.2, 0.25) is 5.91 Å². The first kappa shape index (κ1) is 17.6. The second-order valence-electron chi connectivity index (χ2n) is 5.82. The van der Waals surface area contributed by atoms with E-state index in [0.717, 1.165) is 20.8 Å². The van der Waals surface area contributed by atoms with Crippen LogP contribution in [-0.4, -0.2) is 15.5 Å². The van der Waals surface area contributed by atoms with Crippen LogP contribution in [0.25, 0.3) is 10.2 Å². The number of nitrogens with zero attached hydrogens (tertiary/aromatic N) is 2. The summed E-state index contributed by atoms with van der Waals surface area (Å²) in [5, 5.41) is 4.10. The lowest BCUT2D eigenvalue weighted by Crippen LogP contribution is -2.27. The van der Waals surface area contributed by atoms with Crippen LogP contribution in [0.1, 0.15) is 22.4 Å². The van der Waals surface area contributed by atoms with E-state index in [1.54, 1.807) is 6.07 Å². The average Bonchev–Trinajstić information content (AvgIpc) is 2.88. The lowest BCUT2D eigenvalue weighted by Gasteiger charge is -2.08.